The summed E-state index contributed by atoms with van der Waals surface area (Å²) >= 11 is 0. The maximum Gasteiger partial charge on any atom is 0.287 e. The predicted octanol–water partition coefficient (Wildman–Crippen LogP) is 0.862. The van der Waals surface area contributed by atoms with Crippen molar-refractivity contribution < 1.29 is 9.59 Å². The lowest BCUT2D eigenvalue weighted by molar-refractivity contribution is 0.0789. The Kier molecular flexibility index (Phi) is 4.80. The smallest absolute Gasteiger partial charge is 0.287 e. The molecule has 0 spiro atoms. The van der Waals surface area contributed by atoms with Crippen molar-refractivity contribution in [2.45, 2.75) is 12.8 Å². The maximum absolute atomic E-state index is 12.7. The number of hydrogen-bond donors (Lipinski definition) is 1. The van der Waals surface area contributed by atoms with Crippen LogP contribution >= 0.6 is 0 Å². The molecule has 1 saturated heterocycles. The highest BCUT2D eigenvalue weighted by molar-refractivity contribution is 6.02. The molecule has 3 rings (SSSR count). The number of imidazole rings is 1. The van der Waals surface area contributed by atoms with Crippen molar-refractivity contribution in [1.82, 2.24) is 24.5 Å². The first-order valence-electron chi connectivity index (χ1n) is 8.27. The fourth-order valence-electron chi connectivity index (χ4n) is 2.90. The van der Waals surface area contributed by atoms with Gasteiger partial charge in [-0.15, -0.1) is 0 Å². The molecule has 0 atom stereocenters. The quantitative estimate of drug-likeness (QED) is 0.883. The number of fused-ring (bicyclic) bond motifs is 1. The first-order chi connectivity index (χ1) is 11.6. The van der Waals surface area contributed by atoms with Gasteiger partial charge >= 0.3 is 0 Å². The number of nitrogens with one attached hydrogen (secondary N) is 1. The molecular formula is C17H23N5O2. The van der Waals surface area contributed by atoms with E-state index in [-0.39, 0.29) is 17.6 Å². The molecule has 128 valence electrons. The summed E-state index contributed by atoms with van der Waals surface area (Å²) in [6, 6.07) is 5.51. The fraction of sp³-hybridized carbons (Fsp3) is 0.471. The molecule has 7 heteroatoms. The standard InChI is InChI=1S/C17H23N5O2/c1-20(2)12-8-18-16(23)15-19-14(13-7-3-4-11-22(13)15)17(24)21-9-5-6-10-21/h3-4,7,11H,5-6,8-10,12H2,1-2H3,(H,18,23). The van der Waals surface area contributed by atoms with Gasteiger partial charge in [-0.25, -0.2) is 4.98 Å². The minimum absolute atomic E-state index is 0.0939. The Hall–Kier alpha value is -2.41. The summed E-state index contributed by atoms with van der Waals surface area (Å²) in [6.45, 7) is 2.79. The number of carbonyl (C=O) groups is 2. The minimum atomic E-state index is -0.265. The lowest BCUT2D eigenvalue weighted by Crippen LogP contribution is -2.32. The second-order valence-corrected chi connectivity index (χ2v) is 6.30. The topological polar surface area (TPSA) is 70.0 Å². The Morgan fingerprint density at radius 2 is 2.00 bits per heavy atom. The number of carbonyl (C=O) groups excluding carboxylic acids is 2. The lowest BCUT2D eigenvalue weighted by atomic mass is 10.3. The van der Waals surface area contributed by atoms with Crippen LogP contribution < -0.4 is 5.32 Å². The monoisotopic (exact) mass is 329 g/mol. The molecule has 0 unspecified atom stereocenters. The van der Waals surface area contributed by atoms with Crippen molar-refractivity contribution in [3.05, 3.63) is 35.9 Å². The zero-order chi connectivity index (χ0) is 17.1. The SMILES string of the molecule is CN(C)CCNC(=O)c1nc(C(=O)N2CCCC2)c2ccccn12. The van der Waals surface area contributed by atoms with Gasteiger partial charge in [0, 0.05) is 32.4 Å². The van der Waals surface area contributed by atoms with Gasteiger partial charge in [-0.2, -0.15) is 0 Å². The molecule has 1 N–H and O–H groups in total. The van der Waals surface area contributed by atoms with E-state index in [2.05, 4.69) is 10.3 Å². The van der Waals surface area contributed by atoms with Gasteiger partial charge in [0.15, 0.2) is 5.69 Å². The zero-order valence-corrected chi connectivity index (χ0v) is 14.2. The Bertz CT molecular complexity index is 747. The molecule has 24 heavy (non-hydrogen) atoms. The molecule has 2 aromatic heterocycles. The highest BCUT2D eigenvalue weighted by Gasteiger charge is 2.26. The van der Waals surface area contributed by atoms with E-state index in [9.17, 15) is 9.59 Å². The number of likely N-dealkylation sites (tertiary alicyclic amines) is 1. The van der Waals surface area contributed by atoms with E-state index in [0.29, 0.717) is 17.8 Å². The van der Waals surface area contributed by atoms with Crippen molar-refractivity contribution in [1.29, 1.82) is 0 Å². The van der Waals surface area contributed by atoms with Crippen LogP contribution in [0.2, 0.25) is 0 Å². The highest BCUT2D eigenvalue weighted by atomic mass is 16.2. The van der Waals surface area contributed by atoms with Crippen molar-refractivity contribution in [2.75, 3.05) is 40.3 Å². The minimum Gasteiger partial charge on any atom is -0.348 e. The van der Waals surface area contributed by atoms with E-state index in [1.54, 1.807) is 10.6 Å². The second kappa shape index (κ2) is 7.00. The second-order valence-electron chi connectivity index (χ2n) is 6.30. The third-order valence-electron chi connectivity index (χ3n) is 4.19. The molecule has 0 aromatic carbocycles. The Labute approximate surface area is 141 Å². The molecule has 7 nitrogen and oxygen atoms in total. The summed E-state index contributed by atoms with van der Waals surface area (Å²) in [7, 11) is 3.90. The molecular weight excluding hydrogens is 306 g/mol. The van der Waals surface area contributed by atoms with E-state index in [1.165, 1.54) is 0 Å². The van der Waals surface area contributed by atoms with Crippen LogP contribution in [0, 0.1) is 0 Å². The van der Waals surface area contributed by atoms with Crippen LogP contribution in [0.3, 0.4) is 0 Å². The van der Waals surface area contributed by atoms with Crippen LogP contribution in [0.4, 0.5) is 0 Å². The van der Waals surface area contributed by atoms with Gasteiger partial charge in [0.2, 0.25) is 5.82 Å². The summed E-state index contributed by atoms with van der Waals surface area (Å²) < 4.78 is 1.69. The highest BCUT2D eigenvalue weighted by Crippen LogP contribution is 2.18. The number of aromatic nitrogens is 2. The Morgan fingerprint density at radius 3 is 2.71 bits per heavy atom. The number of hydrogen-bond acceptors (Lipinski definition) is 4. The fourth-order valence-corrected chi connectivity index (χ4v) is 2.90. The number of amides is 2. The van der Waals surface area contributed by atoms with Gasteiger partial charge in [-0.1, -0.05) is 6.07 Å². The van der Waals surface area contributed by atoms with Crippen LogP contribution in [-0.4, -0.2) is 71.3 Å². The third-order valence-corrected chi connectivity index (χ3v) is 4.19. The normalized spacial score (nSPS) is 14.5. The van der Waals surface area contributed by atoms with E-state index in [1.807, 2.05) is 42.1 Å². The molecule has 0 bridgehead atoms. The van der Waals surface area contributed by atoms with E-state index in [0.717, 1.165) is 32.5 Å². The van der Waals surface area contributed by atoms with Crippen molar-refractivity contribution in [3.8, 4) is 0 Å². The van der Waals surface area contributed by atoms with Crippen LogP contribution in [0.5, 0.6) is 0 Å². The van der Waals surface area contributed by atoms with Gasteiger partial charge in [0.25, 0.3) is 11.8 Å². The Morgan fingerprint density at radius 1 is 1.25 bits per heavy atom. The Balaban J connectivity index is 1.88. The summed E-state index contributed by atoms with van der Waals surface area (Å²) in [5.41, 5.74) is 1.03. The average molecular weight is 329 g/mol. The number of rotatable bonds is 5. The molecule has 0 saturated carbocycles. The van der Waals surface area contributed by atoms with Gasteiger partial charge < -0.3 is 15.1 Å². The molecule has 0 aliphatic carbocycles. The van der Waals surface area contributed by atoms with Crippen LogP contribution in [0.25, 0.3) is 5.52 Å². The van der Waals surface area contributed by atoms with Crippen molar-refractivity contribution in [3.63, 3.8) is 0 Å². The van der Waals surface area contributed by atoms with Gasteiger partial charge in [0.1, 0.15) is 0 Å². The van der Waals surface area contributed by atoms with Gasteiger partial charge in [-0.3, -0.25) is 14.0 Å². The van der Waals surface area contributed by atoms with Crippen LogP contribution in [-0.2, 0) is 0 Å². The van der Waals surface area contributed by atoms with E-state index >= 15 is 0 Å². The van der Waals surface area contributed by atoms with Crippen LogP contribution in [0.1, 0.15) is 33.9 Å². The molecule has 2 amide bonds. The summed E-state index contributed by atoms with van der Waals surface area (Å²) in [5, 5.41) is 2.86. The molecule has 1 aliphatic rings. The van der Waals surface area contributed by atoms with E-state index < -0.39 is 0 Å². The molecule has 0 radical (unpaired) electrons. The van der Waals surface area contributed by atoms with E-state index in [4.69, 9.17) is 0 Å². The molecule has 1 fully saturated rings. The average Bonchev–Trinajstić information content (AvgIpc) is 3.22. The number of likely N-dealkylation sites (N-methyl/N-ethyl adjacent to an activating group) is 1. The third kappa shape index (κ3) is 3.26. The van der Waals surface area contributed by atoms with Gasteiger partial charge in [0.05, 0.1) is 5.52 Å². The van der Waals surface area contributed by atoms with Crippen molar-refractivity contribution >= 4 is 17.3 Å². The zero-order valence-electron chi connectivity index (χ0n) is 14.2. The summed E-state index contributed by atoms with van der Waals surface area (Å²) in [4.78, 5) is 33.3. The first-order valence-corrected chi connectivity index (χ1v) is 8.27. The van der Waals surface area contributed by atoms with Crippen molar-refractivity contribution in [2.24, 2.45) is 0 Å². The molecule has 2 aromatic rings. The predicted molar refractivity (Wildman–Crippen MR) is 91.2 cm³/mol. The van der Waals surface area contributed by atoms with Gasteiger partial charge in [-0.05, 0) is 39.1 Å². The number of pyridine rings is 1. The largest absolute Gasteiger partial charge is 0.348 e. The molecule has 3 heterocycles. The summed E-state index contributed by atoms with van der Waals surface area (Å²) in [6.07, 6.45) is 3.81. The molecule has 1 aliphatic heterocycles. The maximum atomic E-state index is 12.7. The van der Waals surface area contributed by atoms with Crippen LogP contribution in [0.15, 0.2) is 24.4 Å². The first kappa shape index (κ1) is 16.4. The lowest BCUT2D eigenvalue weighted by Gasteiger charge is -2.13. The number of nitrogens with zero attached hydrogens (tertiary/aromatic N) is 4. The summed E-state index contributed by atoms with van der Waals surface area (Å²) in [5.74, 6) is -0.103.